The van der Waals surface area contributed by atoms with Crippen LogP contribution in [-0.2, 0) is 6.18 Å². The molecular weight excluding hydrogens is 253 g/mol. The highest BCUT2D eigenvalue weighted by molar-refractivity contribution is 5.61. The van der Waals surface area contributed by atoms with Gasteiger partial charge in [0.05, 0.1) is 5.69 Å². The number of alkyl halides is 3. The van der Waals surface area contributed by atoms with E-state index in [2.05, 4.69) is 4.98 Å². The second kappa shape index (κ2) is 4.36. The highest BCUT2D eigenvalue weighted by Gasteiger charge is 2.38. The summed E-state index contributed by atoms with van der Waals surface area (Å²) in [5.74, 6) is -3.29. The van der Waals surface area contributed by atoms with Crippen molar-refractivity contribution in [3.63, 3.8) is 0 Å². The minimum absolute atomic E-state index is 0.0144. The zero-order chi connectivity index (χ0) is 13.3. The van der Waals surface area contributed by atoms with E-state index in [1.54, 1.807) is 0 Å². The van der Waals surface area contributed by atoms with E-state index in [-0.39, 0.29) is 11.3 Å². The number of hydrogen-bond acceptors (Lipinski definition) is 1. The Morgan fingerprint density at radius 1 is 0.944 bits per heavy atom. The lowest BCUT2D eigenvalue weighted by Crippen LogP contribution is -2.12. The molecule has 0 fully saturated rings. The summed E-state index contributed by atoms with van der Waals surface area (Å²) in [6.07, 6.45) is -3.77. The number of halogens is 5. The average molecular weight is 259 g/mol. The van der Waals surface area contributed by atoms with Crippen LogP contribution in [0.5, 0.6) is 0 Å². The molecule has 18 heavy (non-hydrogen) atoms. The summed E-state index contributed by atoms with van der Waals surface area (Å²) in [5, 5.41) is 0. The maximum Gasteiger partial charge on any atom is 0.422 e. The van der Waals surface area contributed by atoms with Crippen LogP contribution in [-0.4, -0.2) is 4.98 Å². The largest absolute Gasteiger partial charge is 0.422 e. The van der Waals surface area contributed by atoms with E-state index in [0.29, 0.717) is 6.07 Å². The summed E-state index contributed by atoms with van der Waals surface area (Å²) in [4.78, 5) is 3.73. The van der Waals surface area contributed by atoms with Crippen LogP contribution in [0.25, 0.3) is 11.3 Å². The number of aromatic nitrogens is 1. The van der Waals surface area contributed by atoms with Gasteiger partial charge in [0, 0.05) is 11.8 Å². The average Bonchev–Trinajstić information content (AvgIpc) is 2.28. The fourth-order valence-electron chi connectivity index (χ4n) is 1.53. The predicted octanol–water partition coefficient (Wildman–Crippen LogP) is 4.05. The zero-order valence-corrected chi connectivity index (χ0v) is 8.80. The van der Waals surface area contributed by atoms with E-state index in [0.717, 1.165) is 6.07 Å². The number of benzene rings is 1. The molecule has 1 aromatic carbocycles. The van der Waals surface area contributed by atoms with Crippen LogP contribution in [0, 0.1) is 11.6 Å². The van der Waals surface area contributed by atoms with Gasteiger partial charge in [-0.15, -0.1) is 0 Å². The first-order chi connectivity index (χ1) is 8.41. The van der Waals surface area contributed by atoms with Crippen molar-refractivity contribution in [2.24, 2.45) is 0 Å². The Balaban J connectivity index is 2.66. The molecule has 6 heteroatoms. The standard InChI is InChI=1S/C12H6F5N/c13-8-5-4-7(9-3-1-2-6-18-9)11(14)10(8)12(15,16)17/h1-6H. The third-order valence-electron chi connectivity index (χ3n) is 2.32. The smallest absolute Gasteiger partial charge is 0.256 e. The van der Waals surface area contributed by atoms with Gasteiger partial charge in [-0.05, 0) is 24.3 Å². The predicted molar refractivity (Wildman–Crippen MR) is 54.6 cm³/mol. The molecule has 1 nitrogen and oxygen atoms in total. The topological polar surface area (TPSA) is 12.9 Å². The Morgan fingerprint density at radius 3 is 2.22 bits per heavy atom. The highest BCUT2D eigenvalue weighted by atomic mass is 19.4. The summed E-state index contributed by atoms with van der Waals surface area (Å²) in [6, 6.07) is 5.89. The molecule has 1 aromatic heterocycles. The monoisotopic (exact) mass is 259 g/mol. The molecule has 94 valence electrons. The summed E-state index contributed by atoms with van der Waals surface area (Å²) >= 11 is 0. The molecule has 0 saturated heterocycles. The first kappa shape index (κ1) is 12.5. The van der Waals surface area contributed by atoms with Gasteiger partial charge >= 0.3 is 6.18 Å². The van der Waals surface area contributed by atoms with E-state index in [9.17, 15) is 22.0 Å². The maximum absolute atomic E-state index is 13.7. The molecule has 2 rings (SSSR count). The molecule has 0 atom stereocenters. The Bertz CT molecular complexity index is 563. The van der Waals surface area contributed by atoms with Crippen molar-refractivity contribution >= 4 is 0 Å². The number of rotatable bonds is 1. The minimum Gasteiger partial charge on any atom is -0.256 e. The van der Waals surface area contributed by atoms with Gasteiger partial charge in [-0.2, -0.15) is 13.2 Å². The third kappa shape index (κ3) is 2.18. The van der Waals surface area contributed by atoms with Gasteiger partial charge in [0.25, 0.3) is 0 Å². The van der Waals surface area contributed by atoms with Crippen LogP contribution in [0.2, 0.25) is 0 Å². The van der Waals surface area contributed by atoms with Crippen molar-refractivity contribution in [2.45, 2.75) is 6.18 Å². The van der Waals surface area contributed by atoms with Crippen LogP contribution in [0.4, 0.5) is 22.0 Å². The molecule has 0 unspecified atom stereocenters. The van der Waals surface area contributed by atoms with Crippen LogP contribution >= 0.6 is 0 Å². The number of hydrogen-bond donors (Lipinski definition) is 0. The fourth-order valence-corrected chi connectivity index (χ4v) is 1.53. The zero-order valence-electron chi connectivity index (χ0n) is 8.80. The van der Waals surface area contributed by atoms with Crippen LogP contribution < -0.4 is 0 Å². The molecule has 0 bridgehead atoms. The number of pyridine rings is 1. The number of nitrogens with zero attached hydrogens (tertiary/aromatic N) is 1. The molecule has 0 amide bonds. The van der Waals surface area contributed by atoms with E-state index in [1.165, 1.54) is 24.4 Å². The summed E-state index contributed by atoms with van der Waals surface area (Å²) in [6.45, 7) is 0. The van der Waals surface area contributed by atoms with E-state index in [4.69, 9.17) is 0 Å². The molecule has 2 aromatic rings. The Morgan fingerprint density at radius 2 is 1.67 bits per heavy atom. The van der Waals surface area contributed by atoms with Crippen molar-refractivity contribution in [3.05, 3.63) is 53.7 Å². The lowest BCUT2D eigenvalue weighted by atomic mass is 10.1. The van der Waals surface area contributed by atoms with Gasteiger partial charge in [0.1, 0.15) is 17.2 Å². The van der Waals surface area contributed by atoms with Gasteiger partial charge in [0.15, 0.2) is 0 Å². The van der Waals surface area contributed by atoms with Crippen molar-refractivity contribution in [2.75, 3.05) is 0 Å². The molecule has 0 N–H and O–H groups in total. The van der Waals surface area contributed by atoms with E-state index >= 15 is 0 Å². The summed E-state index contributed by atoms with van der Waals surface area (Å²) in [5.41, 5.74) is -2.27. The molecular formula is C12H6F5N. The molecule has 0 spiro atoms. The van der Waals surface area contributed by atoms with Crippen molar-refractivity contribution in [1.82, 2.24) is 4.98 Å². The quantitative estimate of drug-likeness (QED) is 0.704. The van der Waals surface area contributed by atoms with Gasteiger partial charge in [-0.1, -0.05) is 6.07 Å². The van der Waals surface area contributed by atoms with E-state index in [1.807, 2.05) is 0 Å². The maximum atomic E-state index is 13.7. The molecule has 0 radical (unpaired) electrons. The first-order valence-electron chi connectivity index (χ1n) is 4.88. The van der Waals surface area contributed by atoms with Crippen molar-refractivity contribution in [3.8, 4) is 11.3 Å². The minimum atomic E-state index is -5.08. The Labute approximate surface area is 98.9 Å². The second-order valence-corrected chi connectivity index (χ2v) is 3.50. The SMILES string of the molecule is Fc1ccc(-c2ccccn2)c(F)c1C(F)(F)F. The van der Waals surface area contributed by atoms with Gasteiger partial charge in [0.2, 0.25) is 0 Å². The normalized spacial score (nSPS) is 11.6. The Hall–Kier alpha value is -1.98. The van der Waals surface area contributed by atoms with E-state index < -0.39 is 23.4 Å². The van der Waals surface area contributed by atoms with Crippen molar-refractivity contribution < 1.29 is 22.0 Å². The van der Waals surface area contributed by atoms with Crippen LogP contribution in [0.15, 0.2) is 36.5 Å². The molecule has 0 saturated carbocycles. The molecule has 1 heterocycles. The van der Waals surface area contributed by atoms with Gasteiger partial charge in [-0.25, -0.2) is 8.78 Å². The Kier molecular flexibility index (Phi) is 3.02. The second-order valence-electron chi connectivity index (χ2n) is 3.50. The summed E-state index contributed by atoms with van der Waals surface area (Å²) in [7, 11) is 0. The summed E-state index contributed by atoms with van der Waals surface area (Å²) < 4.78 is 64.3. The lowest BCUT2D eigenvalue weighted by Gasteiger charge is -2.11. The molecule has 0 aliphatic rings. The van der Waals surface area contributed by atoms with Crippen LogP contribution in [0.3, 0.4) is 0 Å². The van der Waals surface area contributed by atoms with Gasteiger partial charge < -0.3 is 0 Å². The van der Waals surface area contributed by atoms with Crippen LogP contribution in [0.1, 0.15) is 5.56 Å². The third-order valence-corrected chi connectivity index (χ3v) is 2.32. The lowest BCUT2D eigenvalue weighted by molar-refractivity contribution is -0.142. The fraction of sp³-hybridized carbons (Fsp3) is 0.0833. The van der Waals surface area contributed by atoms with Gasteiger partial charge in [-0.3, -0.25) is 4.98 Å². The molecule has 0 aliphatic heterocycles. The van der Waals surface area contributed by atoms with Crippen molar-refractivity contribution in [1.29, 1.82) is 0 Å². The first-order valence-corrected chi connectivity index (χ1v) is 4.88. The molecule has 0 aliphatic carbocycles. The highest BCUT2D eigenvalue weighted by Crippen LogP contribution is 2.36.